The summed E-state index contributed by atoms with van der Waals surface area (Å²) in [4.78, 5) is 25.7. The number of hydrogen-bond acceptors (Lipinski definition) is 3. The van der Waals surface area contributed by atoms with E-state index in [1.54, 1.807) is 12.1 Å². The number of carbonyl (C=O) groups is 2. The summed E-state index contributed by atoms with van der Waals surface area (Å²) < 4.78 is 0. The van der Waals surface area contributed by atoms with Crippen LogP contribution in [0, 0.1) is 0 Å². The summed E-state index contributed by atoms with van der Waals surface area (Å²) in [6, 6.07) is 15.2. The first-order valence-electron chi connectivity index (χ1n) is 9.57. The highest BCUT2D eigenvalue weighted by molar-refractivity contribution is 5.94. The van der Waals surface area contributed by atoms with Crippen LogP contribution in [0.2, 0.25) is 0 Å². The Balaban J connectivity index is 1.55. The van der Waals surface area contributed by atoms with Gasteiger partial charge in [0.25, 0.3) is 5.91 Å². The number of urea groups is 1. The normalized spacial score (nSPS) is 14.2. The van der Waals surface area contributed by atoms with Crippen LogP contribution in [0.25, 0.3) is 0 Å². The van der Waals surface area contributed by atoms with Crippen molar-refractivity contribution in [2.24, 2.45) is 5.73 Å². The molecule has 6 nitrogen and oxygen atoms in total. The predicted octanol–water partition coefficient (Wildman–Crippen LogP) is 2.42. The highest BCUT2D eigenvalue weighted by Crippen LogP contribution is 2.25. The number of nitrogens with zero attached hydrogens (tertiary/aromatic N) is 1. The van der Waals surface area contributed by atoms with Crippen LogP contribution in [0.3, 0.4) is 0 Å². The molecule has 6 heteroatoms. The fraction of sp³-hybridized carbons (Fsp3) is 0.364. The van der Waals surface area contributed by atoms with E-state index in [0.717, 1.165) is 25.1 Å². The molecule has 2 aromatic rings. The van der Waals surface area contributed by atoms with Gasteiger partial charge in [-0.3, -0.25) is 9.69 Å². The van der Waals surface area contributed by atoms with Crippen LogP contribution in [-0.4, -0.2) is 35.5 Å². The molecule has 3 amide bonds. The van der Waals surface area contributed by atoms with E-state index < -0.39 is 6.03 Å². The molecule has 0 aliphatic carbocycles. The van der Waals surface area contributed by atoms with Gasteiger partial charge >= 0.3 is 6.03 Å². The van der Waals surface area contributed by atoms with E-state index in [1.165, 1.54) is 11.1 Å². The minimum absolute atomic E-state index is 0.0973. The van der Waals surface area contributed by atoms with Crippen molar-refractivity contribution in [1.82, 2.24) is 15.5 Å². The number of rotatable bonds is 6. The second-order valence-electron chi connectivity index (χ2n) is 7.85. The fourth-order valence-corrected chi connectivity index (χ4v) is 3.49. The zero-order valence-corrected chi connectivity index (χ0v) is 16.5. The minimum Gasteiger partial charge on any atom is -0.352 e. The summed E-state index contributed by atoms with van der Waals surface area (Å²) in [7, 11) is 0. The van der Waals surface area contributed by atoms with Gasteiger partial charge in [-0.2, -0.15) is 0 Å². The van der Waals surface area contributed by atoms with Crippen LogP contribution < -0.4 is 16.4 Å². The topological polar surface area (TPSA) is 87.5 Å². The third kappa shape index (κ3) is 4.89. The lowest BCUT2D eigenvalue weighted by atomic mass is 9.94. The molecule has 148 valence electrons. The maximum atomic E-state index is 12.5. The van der Waals surface area contributed by atoms with Crippen LogP contribution in [0.1, 0.15) is 40.9 Å². The Morgan fingerprint density at radius 1 is 1.04 bits per heavy atom. The van der Waals surface area contributed by atoms with Gasteiger partial charge in [-0.05, 0) is 49.1 Å². The molecule has 1 heterocycles. The Labute approximate surface area is 166 Å². The second kappa shape index (κ2) is 8.44. The molecule has 0 radical (unpaired) electrons. The standard InChI is InChI=1S/C22H28N4O2/c1-22(2,26-12-11-17-5-3-4-6-19(17)14-26)15-25-20(27)18-9-7-16(8-10-18)13-24-21(23)28/h3-10H,11-15H2,1-2H3,(H,25,27)(H3,23,24,28). The molecule has 3 rings (SSSR count). The third-order valence-electron chi connectivity index (χ3n) is 5.35. The lowest BCUT2D eigenvalue weighted by Crippen LogP contribution is -2.53. The molecule has 1 aliphatic rings. The van der Waals surface area contributed by atoms with Crippen molar-refractivity contribution in [3.05, 3.63) is 70.8 Å². The first kappa shape index (κ1) is 19.9. The first-order valence-corrected chi connectivity index (χ1v) is 9.57. The van der Waals surface area contributed by atoms with Gasteiger partial charge < -0.3 is 16.4 Å². The number of amides is 3. The van der Waals surface area contributed by atoms with Gasteiger partial charge in [-0.15, -0.1) is 0 Å². The number of fused-ring (bicyclic) bond motifs is 1. The van der Waals surface area contributed by atoms with Crippen molar-refractivity contribution in [3.8, 4) is 0 Å². The van der Waals surface area contributed by atoms with Crippen molar-refractivity contribution in [2.45, 2.75) is 38.9 Å². The van der Waals surface area contributed by atoms with Crippen molar-refractivity contribution in [2.75, 3.05) is 13.1 Å². The third-order valence-corrected chi connectivity index (χ3v) is 5.35. The van der Waals surface area contributed by atoms with Gasteiger partial charge in [-0.1, -0.05) is 36.4 Å². The van der Waals surface area contributed by atoms with E-state index in [1.807, 2.05) is 12.1 Å². The van der Waals surface area contributed by atoms with E-state index in [2.05, 4.69) is 53.6 Å². The number of nitrogens with one attached hydrogen (secondary N) is 2. The molecule has 1 aliphatic heterocycles. The van der Waals surface area contributed by atoms with Gasteiger partial charge in [0.15, 0.2) is 0 Å². The monoisotopic (exact) mass is 380 g/mol. The van der Waals surface area contributed by atoms with Crippen LogP contribution in [0.15, 0.2) is 48.5 Å². The van der Waals surface area contributed by atoms with E-state index >= 15 is 0 Å². The molecule has 0 bridgehead atoms. The van der Waals surface area contributed by atoms with E-state index in [-0.39, 0.29) is 11.4 Å². The Morgan fingerprint density at radius 2 is 1.71 bits per heavy atom. The molecule has 0 saturated heterocycles. The van der Waals surface area contributed by atoms with Crippen molar-refractivity contribution in [1.29, 1.82) is 0 Å². The highest BCUT2D eigenvalue weighted by Gasteiger charge is 2.30. The summed E-state index contributed by atoms with van der Waals surface area (Å²) >= 11 is 0. The quantitative estimate of drug-likeness (QED) is 0.719. The van der Waals surface area contributed by atoms with Crippen LogP contribution in [0.4, 0.5) is 4.79 Å². The van der Waals surface area contributed by atoms with Gasteiger partial charge in [0.1, 0.15) is 0 Å². The zero-order chi connectivity index (χ0) is 20.1. The second-order valence-corrected chi connectivity index (χ2v) is 7.85. The number of nitrogens with two attached hydrogens (primary N) is 1. The van der Waals surface area contributed by atoms with E-state index in [9.17, 15) is 9.59 Å². The lowest BCUT2D eigenvalue weighted by molar-refractivity contribution is 0.0826. The Bertz CT molecular complexity index is 846. The molecule has 0 saturated carbocycles. The molecule has 0 spiro atoms. The summed E-state index contributed by atoms with van der Waals surface area (Å²) in [6.45, 7) is 7.14. The number of primary amides is 1. The lowest BCUT2D eigenvalue weighted by Gasteiger charge is -2.41. The summed E-state index contributed by atoms with van der Waals surface area (Å²) in [6.07, 6.45) is 1.04. The van der Waals surface area contributed by atoms with Crippen LogP contribution in [0.5, 0.6) is 0 Å². The molecule has 4 N–H and O–H groups in total. The molecule has 0 aromatic heterocycles. The molecular weight excluding hydrogens is 352 g/mol. The van der Waals surface area contributed by atoms with Crippen LogP contribution >= 0.6 is 0 Å². The highest BCUT2D eigenvalue weighted by atomic mass is 16.2. The number of benzene rings is 2. The van der Waals surface area contributed by atoms with Gasteiger partial charge in [0, 0.05) is 37.3 Å². The van der Waals surface area contributed by atoms with Gasteiger partial charge in [-0.25, -0.2) is 4.79 Å². The largest absolute Gasteiger partial charge is 0.352 e. The van der Waals surface area contributed by atoms with Crippen LogP contribution in [-0.2, 0) is 19.5 Å². The average Bonchev–Trinajstić information content (AvgIpc) is 2.70. The predicted molar refractivity (Wildman–Crippen MR) is 110 cm³/mol. The molecule has 0 fully saturated rings. The fourth-order valence-electron chi connectivity index (χ4n) is 3.49. The maximum absolute atomic E-state index is 12.5. The van der Waals surface area contributed by atoms with Crippen molar-refractivity contribution < 1.29 is 9.59 Å². The van der Waals surface area contributed by atoms with Crippen molar-refractivity contribution in [3.63, 3.8) is 0 Å². The number of carbonyl (C=O) groups excluding carboxylic acids is 2. The first-order chi connectivity index (χ1) is 13.3. The summed E-state index contributed by atoms with van der Waals surface area (Å²) in [5, 5.41) is 5.59. The average molecular weight is 380 g/mol. The van der Waals surface area contributed by atoms with E-state index in [0.29, 0.717) is 18.7 Å². The molecule has 0 unspecified atom stereocenters. The Hall–Kier alpha value is -2.86. The zero-order valence-electron chi connectivity index (χ0n) is 16.5. The van der Waals surface area contributed by atoms with Gasteiger partial charge in [0.2, 0.25) is 0 Å². The smallest absolute Gasteiger partial charge is 0.312 e. The molecule has 2 aromatic carbocycles. The molecule has 0 atom stereocenters. The van der Waals surface area contributed by atoms with Gasteiger partial charge in [0.05, 0.1) is 0 Å². The minimum atomic E-state index is -0.565. The molecule has 28 heavy (non-hydrogen) atoms. The Morgan fingerprint density at radius 3 is 2.39 bits per heavy atom. The Kier molecular flexibility index (Phi) is 5.99. The van der Waals surface area contributed by atoms with E-state index in [4.69, 9.17) is 5.73 Å². The number of hydrogen-bond donors (Lipinski definition) is 3. The maximum Gasteiger partial charge on any atom is 0.312 e. The summed E-state index contributed by atoms with van der Waals surface area (Å²) in [5.41, 5.74) is 9.20. The SMILES string of the molecule is CC(C)(CNC(=O)c1ccc(CNC(N)=O)cc1)N1CCc2ccccc2C1. The summed E-state index contributed by atoms with van der Waals surface area (Å²) in [5.74, 6) is -0.0973. The molecular formula is C22H28N4O2. The van der Waals surface area contributed by atoms with Crippen molar-refractivity contribution >= 4 is 11.9 Å².